The van der Waals surface area contributed by atoms with E-state index in [1.807, 2.05) is 0 Å². The lowest BCUT2D eigenvalue weighted by atomic mass is 9.98. The number of carbonyl (C=O) groups excluding carboxylic acids is 1. The van der Waals surface area contributed by atoms with Gasteiger partial charge in [0.15, 0.2) is 6.29 Å². The molecule has 10 atom stereocenters. The molecule has 0 aromatic rings. The lowest BCUT2D eigenvalue weighted by Gasteiger charge is -2.40. The summed E-state index contributed by atoms with van der Waals surface area (Å²) >= 11 is 0. The van der Waals surface area contributed by atoms with Gasteiger partial charge in [0.1, 0.15) is 36.6 Å². The fourth-order valence-electron chi connectivity index (χ4n) is 7.83. The smallest absolute Gasteiger partial charge is 0.249 e. The quantitative estimate of drug-likeness (QED) is 0.0285. The van der Waals surface area contributed by atoms with E-state index in [-0.39, 0.29) is 6.42 Å². The van der Waals surface area contributed by atoms with E-state index < -0.39 is 74.2 Å². The standard InChI is InChI=1S/C46H91NO10/c1-4-6-7-8-9-10-11-12-13-14-15-16-17-18-19-20-23-27-30-33-39(50)45(55)47-37(35-56-46-44(54)43(53)42(52)40(34-48)57-46)41(51)38(49)32-29-26-24-21-22-25-28-31-36(3)5-2/h36-44,46,48-54H,4-35H2,1-3H3,(H,47,55)/t36?,37-,38+,39+,40+,41-,42+,43-,44+,46+/m0/s1. The maximum absolute atomic E-state index is 13.1. The summed E-state index contributed by atoms with van der Waals surface area (Å²) in [6, 6.07) is -1.16. The molecule has 340 valence electrons. The predicted octanol–water partition coefficient (Wildman–Crippen LogP) is 7.75. The summed E-state index contributed by atoms with van der Waals surface area (Å²) in [7, 11) is 0. The van der Waals surface area contributed by atoms with Crippen LogP contribution in [0.2, 0.25) is 0 Å². The fourth-order valence-corrected chi connectivity index (χ4v) is 7.83. The van der Waals surface area contributed by atoms with E-state index in [0.717, 1.165) is 44.4 Å². The molecular formula is C46H91NO10. The van der Waals surface area contributed by atoms with Crippen molar-refractivity contribution in [3.8, 4) is 0 Å². The zero-order valence-corrected chi connectivity index (χ0v) is 36.8. The van der Waals surface area contributed by atoms with Crippen molar-refractivity contribution >= 4 is 5.91 Å². The third-order valence-corrected chi connectivity index (χ3v) is 12.2. The molecule has 0 saturated carbocycles. The molecule has 1 aliphatic rings. The Balaban J connectivity index is 2.40. The maximum atomic E-state index is 13.1. The van der Waals surface area contributed by atoms with Crippen LogP contribution < -0.4 is 5.32 Å². The third kappa shape index (κ3) is 26.1. The Hall–Kier alpha value is -0.890. The third-order valence-electron chi connectivity index (χ3n) is 12.2. The van der Waals surface area contributed by atoms with Gasteiger partial charge in [0.2, 0.25) is 5.91 Å². The van der Waals surface area contributed by atoms with Gasteiger partial charge in [0.05, 0.1) is 25.4 Å². The summed E-state index contributed by atoms with van der Waals surface area (Å²) < 4.78 is 11.1. The van der Waals surface area contributed by atoms with Crippen molar-refractivity contribution in [2.75, 3.05) is 13.2 Å². The highest BCUT2D eigenvalue weighted by atomic mass is 16.7. The van der Waals surface area contributed by atoms with E-state index >= 15 is 0 Å². The lowest BCUT2D eigenvalue weighted by Crippen LogP contribution is -2.60. The van der Waals surface area contributed by atoms with Crippen LogP contribution in [0, 0.1) is 5.92 Å². The highest BCUT2D eigenvalue weighted by Gasteiger charge is 2.44. The minimum absolute atomic E-state index is 0.265. The van der Waals surface area contributed by atoms with E-state index in [9.17, 15) is 40.5 Å². The fraction of sp³-hybridized carbons (Fsp3) is 0.978. The summed E-state index contributed by atoms with van der Waals surface area (Å²) in [6.07, 6.45) is 23.1. The number of hydrogen-bond acceptors (Lipinski definition) is 10. The second-order valence-corrected chi connectivity index (χ2v) is 17.4. The van der Waals surface area contributed by atoms with Gasteiger partial charge in [-0.3, -0.25) is 4.79 Å². The van der Waals surface area contributed by atoms with Crippen molar-refractivity contribution in [3.05, 3.63) is 0 Å². The van der Waals surface area contributed by atoms with Crippen LogP contribution in [0.3, 0.4) is 0 Å². The number of amides is 1. The number of ether oxygens (including phenoxy) is 2. The molecule has 1 heterocycles. The molecule has 57 heavy (non-hydrogen) atoms. The molecule has 1 amide bonds. The minimum Gasteiger partial charge on any atom is -0.394 e. The van der Waals surface area contributed by atoms with E-state index in [4.69, 9.17) is 9.47 Å². The van der Waals surface area contributed by atoms with Crippen molar-refractivity contribution in [2.45, 2.75) is 268 Å². The Morgan fingerprint density at radius 1 is 0.596 bits per heavy atom. The molecule has 0 aromatic heterocycles. The molecule has 1 aliphatic heterocycles. The van der Waals surface area contributed by atoms with Gasteiger partial charge in [0.25, 0.3) is 0 Å². The monoisotopic (exact) mass is 818 g/mol. The first kappa shape index (κ1) is 54.1. The van der Waals surface area contributed by atoms with Gasteiger partial charge >= 0.3 is 0 Å². The van der Waals surface area contributed by atoms with Crippen LogP contribution in [-0.2, 0) is 14.3 Å². The van der Waals surface area contributed by atoms with Gasteiger partial charge in [0, 0.05) is 0 Å². The molecule has 0 spiro atoms. The number of rotatable bonds is 39. The first-order valence-corrected chi connectivity index (χ1v) is 23.8. The van der Waals surface area contributed by atoms with Crippen LogP contribution in [0.5, 0.6) is 0 Å². The Kier molecular flexibility index (Phi) is 34.0. The van der Waals surface area contributed by atoms with Crippen LogP contribution in [0.25, 0.3) is 0 Å². The number of aliphatic hydroxyl groups excluding tert-OH is 7. The molecule has 0 aliphatic carbocycles. The van der Waals surface area contributed by atoms with Gasteiger partial charge < -0.3 is 50.5 Å². The van der Waals surface area contributed by atoms with Crippen molar-refractivity contribution in [1.82, 2.24) is 5.32 Å². The average Bonchev–Trinajstić information content (AvgIpc) is 3.21. The molecule has 11 nitrogen and oxygen atoms in total. The molecule has 8 N–H and O–H groups in total. The van der Waals surface area contributed by atoms with Crippen LogP contribution in [0.15, 0.2) is 0 Å². The number of aliphatic hydroxyl groups is 7. The number of unbranched alkanes of at least 4 members (excludes halogenated alkanes) is 24. The highest BCUT2D eigenvalue weighted by Crippen LogP contribution is 2.23. The Morgan fingerprint density at radius 3 is 1.46 bits per heavy atom. The SMILES string of the molecule is CCCCCCCCCCCCCCCCCCCCC[C@@H](O)C(=O)N[C@@H](CO[C@@H]1O[C@H](CO)[C@@H](O)[C@H](O)[C@H]1O)[C@H](O)[C@H](O)CCCCCCCCCC(C)CC. The van der Waals surface area contributed by atoms with Gasteiger partial charge in [-0.15, -0.1) is 0 Å². The number of nitrogens with one attached hydrogen (secondary N) is 1. The first-order chi connectivity index (χ1) is 27.6. The summed E-state index contributed by atoms with van der Waals surface area (Å²) in [5.41, 5.74) is 0. The highest BCUT2D eigenvalue weighted by molar-refractivity contribution is 5.80. The van der Waals surface area contributed by atoms with Crippen LogP contribution in [0.1, 0.15) is 213 Å². The van der Waals surface area contributed by atoms with Gasteiger partial charge in [-0.05, 0) is 18.8 Å². The molecular weight excluding hydrogens is 727 g/mol. The second-order valence-electron chi connectivity index (χ2n) is 17.4. The van der Waals surface area contributed by atoms with Crippen molar-refractivity contribution in [2.24, 2.45) is 5.92 Å². The Bertz CT molecular complexity index is 912. The van der Waals surface area contributed by atoms with Crippen molar-refractivity contribution in [3.63, 3.8) is 0 Å². The topological polar surface area (TPSA) is 189 Å². The van der Waals surface area contributed by atoms with Gasteiger partial charge in [-0.1, -0.05) is 201 Å². The van der Waals surface area contributed by atoms with E-state index in [1.165, 1.54) is 128 Å². The number of carbonyl (C=O) groups is 1. The van der Waals surface area contributed by atoms with Crippen molar-refractivity contribution in [1.29, 1.82) is 0 Å². The first-order valence-electron chi connectivity index (χ1n) is 23.8. The van der Waals surface area contributed by atoms with E-state index in [2.05, 4.69) is 26.1 Å². The normalized spacial score (nSPS) is 22.6. The largest absolute Gasteiger partial charge is 0.394 e. The second kappa shape index (κ2) is 35.8. The average molecular weight is 818 g/mol. The Morgan fingerprint density at radius 2 is 1.02 bits per heavy atom. The zero-order valence-electron chi connectivity index (χ0n) is 36.8. The molecule has 1 unspecified atom stereocenters. The Labute approximate surface area is 348 Å². The minimum atomic E-state index is -1.66. The summed E-state index contributed by atoms with van der Waals surface area (Å²) in [5, 5.41) is 75.6. The van der Waals surface area contributed by atoms with Crippen molar-refractivity contribution < 1.29 is 50.0 Å². The molecule has 0 bridgehead atoms. The van der Waals surface area contributed by atoms with Gasteiger partial charge in [-0.25, -0.2) is 0 Å². The summed E-state index contributed by atoms with van der Waals surface area (Å²) in [6.45, 7) is 5.74. The molecule has 1 saturated heterocycles. The molecule has 11 heteroatoms. The van der Waals surface area contributed by atoms with Crippen LogP contribution in [0.4, 0.5) is 0 Å². The molecule has 0 radical (unpaired) electrons. The van der Waals surface area contributed by atoms with E-state index in [1.54, 1.807) is 0 Å². The number of hydrogen-bond donors (Lipinski definition) is 8. The van der Waals surface area contributed by atoms with E-state index in [0.29, 0.717) is 19.3 Å². The summed E-state index contributed by atoms with van der Waals surface area (Å²) in [4.78, 5) is 13.1. The predicted molar refractivity (Wildman–Crippen MR) is 229 cm³/mol. The van der Waals surface area contributed by atoms with Crippen LogP contribution >= 0.6 is 0 Å². The maximum Gasteiger partial charge on any atom is 0.249 e. The zero-order chi connectivity index (χ0) is 42.1. The molecule has 1 rings (SSSR count). The van der Waals surface area contributed by atoms with Crippen LogP contribution in [-0.4, -0.2) is 110 Å². The lowest BCUT2D eigenvalue weighted by molar-refractivity contribution is -0.303. The molecule has 0 aromatic carbocycles. The van der Waals surface area contributed by atoms with Gasteiger partial charge in [-0.2, -0.15) is 0 Å². The summed E-state index contributed by atoms with van der Waals surface area (Å²) in [5.74, 6) is 0.0834. The molecule has 1 fully saturated rings.